The van der Waals surface area contributed by atoms with Crippen LogP contribution in [0.3, 0.4) is 0 Å². The van der Waals surface area contributed by atoms with Crippen molar-refractivity contribution in [2.75, 3.05) is 18.2 Å². The van der Waals surface area contributed by atoms with Crippen molar-refractivity contribution in [3.63, 3.8) is 0 Å². The monoisotopic (exact) mass is 387 g/mol. The summed E-state index contributed by atoms with van der Waals surface area (Å²) in [5.41, 5.74) is 0.467. The van der Waals surface area contributed by atoms with Gasteiger partial charge < -0.3 is 10.1 Å². The molecule has 0 unspecified atom stereocenters. The number of halogens is 2. The first-order valence-electron chi connectivity index (χ1n) is 6.93. The Kier molecular flexibility index (Phi) is 6.10. The van der Waals surface area contributed by atoms with Gasteiger partial charge in [0.25, 0.3) is 0 Å². The molecule has 0 aromatic heterocycles. The number of anilines is 1. The van der Waals surface area contributed by atoms with E-state index in [-0.39, 0.29) is 17.1 Å². The van der Waals surface area contributed by atoms with Crippen LogP contribution < -0.4 is 10.1 Å². The van der Waals surface area contributed by atoms with E-state index in [9.17, 15) is 13.2 Å². The molecular weight excluding hydrogens is 373 g/mol. The van der Waals surface area contributed by atoms with Crippen LogP contribution in [-0.2, 0) is 14.6 Å². The maximum Gasteiger partial charge on any atom is 0.225 e. The zero-order valence-electron chi connectivity index (χ0n) is 12.8. The van der Waals surface area contributed by atoms with Gasteiger partial charge in [0.15, 0.2) is 9.84 Å². The number of amides is 1. The number of ether oxygens (including phenoxy) is 1. The Bertz CT molecular complexity index is 836. The third-order valence-corrected chi connectivity index (χ3v) is 5.49. The molecule has 128 valence electrons. The van der Waals surface area contributed by atoms with Gasteiger partial charge in [0.1, 0.15) is 5.75 Å². The highest BCUT2D eigenvalue weighted by Gasteiger charge is 2.16. The molecule has 24 heavy (non-hydrogen) atoms. The first-order chi connectivity index (χ1) is 11.3. The number of methoxy groups -OCH3 is 1. The quantitative estimate of drug-likeness (QED) is 0.817. The van der Waals surface area contributed by atoms with Crippen LogP contribution in [-0.4, -0.2) is 27.2 Å². The van der Waals surface area contributed by atoms with Gasteiger partial charge in [-0.15, -0.1) is 0 Å². The highest BCUT2D eigenvalue weighted by molar-refractivity contribution is 7.91. The van der Waals surface area contributed by atoms with E-state index in [4.69, 9.17) is 27.9 Å². The summed E-state index contributed by atoms with van der Waals surface area (Å²) in [4.78, 5) is 12.1. The highest BCUT2D eigenvalue weighted by Crippen LogP contribution is 2.27. The molecule has 0 radical (unpaired) electrons. The van der Waals surface area contributed by atoms with E-state index >= 15 is 0 Å². The lowest BCUT2D eigenvalue weighted by Crippen LogP contribution is -2.17. The van der Waals surface area contributed by atoms with E-state index in [0.717, 1.165) is 0 Å². The van der Waals surface area contributed by atoms with Crippen LogP contribution in [0.5, 0.6) is 5.75 Å². The zero-order chi connectivity index (χ0) is 17.7. The molecule has 0 fully saturated rings. The van der Waals surface area contributed by atoms with Crippen molar-refractivity contribution in [2.45, 2.75) is 11.3 Å². The van der Waals surface area contributed by atoms with Crippen LogP contribution in [0.15, 0.2) is 47.4 Å². The Balaban J connectivity index is 1.97. The molecule has 2 aromatic carbocycles. The van der Waals surface area contributed by atoms with Gasteiger partial charge in [0.05, 0.1) is 22.8 Å². The summed E-state index contributed by atoms with van der Waals surface area (Å²) < 4.78 is 29.4. The van der Waals surface area contributed by atoms with Gasteiger partial charge in [-0.2, -0.15) is 0 Å². The number of rotatable bonds is 6. The molecule has 0 saturated carbocycles. The Hall–Kier alpha value is -1.76. The maximum absolute atomic E-state index is 12.2. The normalized spacial score (nSPS) is 11.1. The Morgan fingerprint density at radius 2 is 1.79 bits per heavy atom. The molecule has 0 aliphatic rings. The van der Waals surface area contributed by atoms with Gasteiger partial charge in [-0.05, 0) is 42.5 Å². The number of sulfone groups is 1. The van der Waals surface area contributed by atoms with Crippen LogP contribution in [0.1, 0.15) is 6.42 Å². The molecule has 0 bridgehead atoms. The average Bonchev–Trinajstić information content (AvgIpc) is 2.54. The van der Waals surface area contributed by atoms with Crippen molar-refractivity contribution in [3.05, 3.63) is 52.5 Å². The van der Waals surface area contributed by atoms with Crippen molar-refractivity contribution in [1.29, 1.82) is 0 Å². The topological polar surface area (TPSA) is 72.5 Å². The minimum atomic E-state index is -3.55. The van der Waals surface area contributed by atoms with Crippen molar-refractivity contribution in [2.24, 2.45) is 0 Å². The molecule has 1 amide bonds. The van der Waals surface area contributed by atoms with Crippen molar-refractivity contribution >= 4 is 44.6 Å². The molecule has 2 rings (SSSR count). The molecule has 0 aliphatic heterocycles. The van der Waals surface area contributed by atoms with Gasteiger partial charge in [0, 0.05) is 17.1 Å². The summed E-state index contributed by atoms with van der Waals surface area (Å²) in [5, 5.41) is 3.40. The molecular formula is C16H15Cl2NO4S. The number of hydrogen-bond acceptors (Lipinski definition) is 4. The summed E-state index contributed by atoms with van der Waals surface area (Å²) in [6.45, 7) is 0. The molecule has 0 saturated heterocycles. The Morgan fingerprint density at radius 3 is 2.38 bits per heavy atom. The standard InChI is InChI=1S/C16H15Cl2NO4S/c1-23-15-7-4-12(10-14(15)18)19-16(20)8-9-24(21,22)13-5-2-11(17)3-6-13/h2-7,10H,8-9H2,1H3,(H,19,20). The molecule has 8 heteroatoms. The molecule has 0 spiro atoms. The van der Waals surface area contributed by atoms with Crippen LogP contribution in [0.2, 0.25) is 10.0 Å². The van der Waals surface area contributed by atoms with E-state index in [1.54, 1.807) is 12.1 Å². The van der Waals surface area contributed by atoms with E-state index in [1.807, 2.05) is 0 Å². The van der Waals surface area contributed by atoms with Crippen LogP contribution in [0.25, 0.3) is 0 Å². The fourth-order valence-electron chi connectivity index (χ4n) is 1.95. The predicted molar refractivity (Wildman–Crippen MR) is 94.8 cm³/mol. The maximum atomic E-state index is 12.2. The average molecular weight is 388 g/mol. The number of hydrogen-bond donors (Lipinski definition) is 1. The summed E-state index contributed by atoms with van der Waals surface area (Å²) in [6, 6.07) is 10.6. The Labute approximate surface area is 150 Å². The lowest BCUT2D eigenvalue weighted by atomic mass is 10.3. The van der Waals surface area contributed by atoms with E-state index < -0.39 is 15.7 Å². The molecule has 2 aromatic rings. The highest BCUT2D eigenvalue weighted by atomic mass is 35.5. The third kappa shape index (κ3) is 4.87. The largest absolute Gasteiger partial charge is 0.495 e. The van der Waals surface area contributed by atoms with E-state index in [1.165, 1.54) is 37.4 Å². The fraction of sp³-hybridized carbons (Fsp3) is 0.188. The summed E-state index contributed by atoms with van der Waals surface area (Å²) in [5.74, 6) is -0.238. The number of benzene rings is 2. The first kappa shape index (κ1) is 18.6. The first-order valence-corrected chi connectivity index (χ1v) is 9.34. The van der Waals surface area contributed by atoms with Gasteiger partial charge in [-0.3, -0.25) is 4.79 Å². The molecule has 1 N–H and O–H groups in total. The number of carbonyl (C=O) groups is 1. The lowest BCUT2D eigenvalue weighted by molar-refractivity contribution is -0.115. The smallest absolute Gasteiger partial charge is 0.225 e. The van der Waals surface area contributed by atoms with Crippen molar-refractivity contribution in [1.82, 2.24) is 0 Å². The predicted octanol–water partition coefficient (Wildman–Crippen LogP) is 3.80. The minimum Gasteiger partial charge on any atom is -0.495 e. The Morgan fingerprint density at radius 1 is 1.12 bits per heavy atom. The molecule has 0 aliphatic carbocycles. The van der Waals surface area contributed by atoms with Gasteiger partial charge in [-0.1, -0.05) is 23.2 Å². The fourth-order valence-corrected chi connectivity index (χ4v) is 3.58. The molecule has 5 nitrogen and oxygen atoms in total. The van der Waals surface area contributed by atoms with Crippen molar-refractivity contribution in [3.8, 4) is 5.75 Å². The van der Waals surface area contributed by atoms with Gasteiger partial charge in [-0.25, -0.2) is 8.42 Å². The summed E-state index contributed by atoms with van der Waals surface area (Å²) in [6.07, 6.45) is -0.172. The minimum absolute atomic E-state index is 0.132. The summed E-state index contributed by atoms with van der Waals surface area (Å²) >= 11 is 11.7. The second kappa shape index (κ2) is 7.88. The van der Waals surface area contributed by atoms with Crippen molar-refractivity contribution < 1.29 is 17.9 Å². The van der Waals surface area contributed by atoms with Crippen LogP contribution in [0, 0.1) is 0 Å². The number of nitrogens with one attached hydrogen (secondary N) is 1. The molecule has 0 heterocycles. The third-order valence-electron chi connectivity index (χ3n) is 3.21. The van der Waals surface area contributed by atoms with E-state index in [2.05, 4.69) is 5.32 Å². The zero-order valence-corrected chi connectivity index (χ0v) is 15.1. The SMILES string of the molecule is COc1ccc(NC(=O)CCS(=O)(=O)c2ccc(Cl)cc2)cc1Cl. The number of carbonyl (C=O) groups excluding carboxylic acids is 1. The summed E-state index contributed by atoms with van der Waals surface area (Å²) in [7, 11) is -2.06. The lowest BCUT2D eigenvalue weighted by Gasteiger charge is -2.08. The molecule has 0 atom stereocenters. The second-order valence-electron chi connectivity index (χ2n) is 4.92. The second-order valence-corrected chi connectivity index (χ2v) is 7.87. The van der Waals surface area contributed by atoms with Gasteiger partial charge >= 0.3 is 0 Å². The van der Waals surface area contributed by atoms with Crippen LogP contribution in [0.4, 0.5) is 5.69 Å². The van der Waals surface area contributed by atoms with Crippen LogP contribution >= 0.6 is 23.2 Å². The van der Waals surface area contributed by atoms with Gasteiger partial charge in [0.2, 0.25) is 5.91 Å². The van der Waals surface area contributed by atoms with E-state index in [0.29, 0.717) is 21.5 Å².